The molecule has 0 saturated heterocycles. The van der Waals surface area contributed by atoms with E-state index >= 15 is 0 Å². The van der Waals surface area contributed by atoms with Gasteiger partial charge in [0.15, 0.2) is 11.6 Å². The zero-order valence-corrected chi connectivity index (χ0v) is 15.9. The number of anilines is 1. The Hall–Kier alpha value is -3.33. The number of fused-ring (bicyclic) bond motifs is 2. The molecule has 140 valence electrons. The number of aryl methyl sites for hydroxylation is 1. The molecule has 1 N–H and O–H groups in total. The van der Waals surface area contributed by atoms with Gasteiger partial charge in [0.1, 0.15) is 0 Å². The Bertz CT molecular complexity index is 1120. The number of rotatable bonds is 4. The van der Waals surface area contributed by atoms with Crippen LogP contribution in [0.2, 0.25) is 0 Å². The van der Waals surface area contributed by atoms with Crippen LogP contribution >= 0.6 is 11.8 Å². The lowest BCUT2D eigenvalue weighted by Gasteiger charge is -2.18. The zero-order valence-electron chi connectivity index (χ0n) is 15.0. The standard InChI is InChI=1S/C19H15N5O3S/c1-10(28-19-21-22-23-24(19)2)18(27)20-11-7-8-14-15(9-11)17(26)13-6-4-3-5-12(13)16(14)25/h3-10H,1-2H3,(H,20,27)/t10-/m1/s1. The van der Waals surface area contributed by atoms with Crippen molar-refractivity contribution in [2.75, 3.05) is 5.32 Å². The number of tetrazole rings is 1. The second-order valence-corrected chi connectivity index (χ2v) is 7.61. The molecule has 4 rings (SSSR count). The monoisotopic (exact) mass is 393 g/mol. The Labute approximate surface area is 164 Å². The fraction of sp³-hybridized carbons (Fsp3) is 0.158. The summed E-state index contributed by atoms with van der Waals surface area (Å²) in [6.07, 6.45) is 0. The minimum atomic E-state index is -0.459. The molecule has 1 amide bonds. The molecule has 2 aromatic carbocycles. The lowest BCUT2D eigenvalue weighted by Crippen LogP contribution is -2.24. The molecular weight excluding hydrogens is 378 g/mol. The van der Waals surface area contributed by atoms with E-state index < -0.39 is 5.25 Å². The van der Waals surface area contributed by atoms with Crippen LogP contribution in [-0.2, 0) is 11.8 Å². The Kier molecular flexibility index (Phi) is 4.52. The van der Waals surface area contributed by atoms with E-state index in [1.54, 1.807) is 56.4 Å². The van der Waals surface area contributed by atoms with Gasteiger partial charge < -0.3 is 5.32 Å². The van der Waals surface area contributed by atoms with Crippen molar-refractivity contribution in [2.45, 2.75) is 17.3 Å². The third-order valence-corrected chi connectivity index (χ3v) is 5.55. The van der Waals surface area contributed by atoms with Crippen LogP contribution in [0.3, 0.4) is 0 Å². The Morgan fingerprint density at radius 2 is 1.68 bits per heavy atom. The third-order valence-electron chi connectivity index (χ3n) is 4.43. The van der Waals surface area contributed by atoms with Gasteiger partial charge in [-0.15, -0.1) is 5.10 Å². The Balaban J connectivity index is 1.56. The van der Waals surface area contributed by atoms with Crippen molar-refractivity contribution in [3.05, 3.63) is 64.7 Å². The summed E-state index contributed by atoms with van der Waals surface area (Å²) in [5, 5.41) is 14.0. The van der Waals surface area contributed by atoms with E-state index in [1.807, 2.05) is 0 Å². The zero-order chi connectivity index (χ0) is 19.8. The van der Waals surface area contributed by atoms with E-state index in [0.29, 0.717) is 33.1 Å². The van der Waals surface area contributed by atoms with E-state index in [9.17, 15) is 14.4 Å². The summed E-state index contributed by atoms with van der Waals surface area (Å²) in [6.45, 7) is 1.73. The molecule has 8 nitrogen and oxygen atoms in total. The van der Waals surface area contributed by atoms with Crippen molar-refractivity contribution >= 4 is 34.9 Å². The van der Waals surface area contributed by atoms with E-state index in [4.69, 9.17) is 0 Å². The quantitative estimate of drug-likeness (QED) is 0.529. The highest BCUT2D eigenvalue weighted by atomic mass is 32.2. The first-order valence-electron chi connectivity index (χ1n) is 8.48. The molecule has 1 aliphatic rings. The van der Waals surface area contributed by atoms with Crippen molar-refractivity contribution in [1.82, 2.24) is 20.2 Å². The van der Waals surface area contributed by atoms with Crippen LogP contribution in [0.15, 0.2) is 47.6 Å². The van der Waals surface area contributed by atoms with Gasteiger partial charge in [0.2, 0.25) is 11.1 Å². The molecule has 28 heavy (non-hydrogen) atoms. The molecule has 0 radical (unpaired) electrons. The molecular formula is C19H15N5O3S. The van der Waals surface area contributed by atoms with Gasteiger partial charge in [0.25, 0.3) is 0 Å². The van der Waals surface area contributed by atoms with E-state index in [-0.39, 0.29) is 17.5 Å². The molecule has 1 aliphatic carbocycles. The highest BCUT2D eigenvalue weighted by Gasteiger charge is 2.29. The second kappa shape index (κ2) is 7.01. The van der Waals surface area contributed by atoms with E-state index in [1.165, 1.54) is 16.4 Å². The van der Waals surface area contributed by atoms with Gasteiger partial charge >= 0.3 is 0 Å². The van der Waals surface area contributed by atoms with Gasteiger partial charge in [-0.25, -0.2) is 4.68 Å². The summed E-state index contributed by atoms with van der Waals surface area (Å²) in [7, 11) is 1.69. The highest BCUT2D eigenvalue weighted by Crippen LogP contribution is 2.29. The van der Waals surface area contributed by atoms with Crippen LogP contribution in [-0.4, -0.2) is 42.9 Å². The maximum absolute atomic E-state index is 12.8. The predicted octanol–water partition coefficient (Wildman–Crippen LogP) is 2.10. The van der Waals surface area contributed by atoms with Gasteiger partial charge in [-0.2, -0.15) is 0 Å². The van der Waals surface area contributed by atoms with Crippen LogP contribution in [0, 0.1) is 0 Å². The molecule has 1 heterocycles. The van der Waals surface area contributed by atoms with Crippen LogP contribution in [0.5, 0.6) is 0 Å². The summed E-state index contributed by atoms with van der Waals surface area (Å²) in [5.41, 5.74) is 1.86. The number of hydrogen-bond donors (Lipinski definition) is 1. The Morgan fingerprint density at radius 1 is 1.04 bits per heavy atom. The van der Waals surface area contributed by atoms with Gasteiger partial charge in [-0.05, 0) is 35.5 Å². The number of ketones is 2. The molecule has 3 aromatic rings. The van der Waals surface area contributed by atoms with E-state index in [0.717, 1.165) is 0 Å². The van der Waals surface area contributed by atoms with Crippen LogP contribution in [0.4, 0.5) is 5.69 Å². The molecule has 0 aliphatic heterocycles. The molecule has 0 spiro atoms. The molecule has 1 atom stereocenters. The summed E-state index contributed by atoms with van der Waals surface area (Å²) in [4.78, 5) is 37.9. The number of hydrogen-bond acceptors (Lipinski definition) is 7. The van der Waals surface area contributed by atoms with Crippen molar-refractivity contribution in [1.29, 1.82) is 0 Å². The topological polar surface area (TPSA) is 107 Å². The van der Waals surface area contributed by atoms with Crippen LogP contribution in [0.1, 0.15) is 38.8 Å². The normalized spacial score (nSPS) is 13.6. The average Bonchev–Trinajstić information content (AvgIpc) is 3.10. The summed E-state index contributed by atoms with van der Waals surface area (Å²) in [6, 6.07) is 11.5. The first-order chi connectivity index (χ1) is 13.5. The molecule has 9 heteroatoms. The minimum absolute atomic E-state index is 0.193. The van der Waals surface area contributed by atoms with Crippen molar-refractivity contribution in [3.63, 3.8) is 0 Å². The molecule has 0 saturated carbocycles. The predicted molar refractivity (Wildman–Crippen MR) is 102 cm³/mol. The second-order valence-electron chi connectivity index (χ2n) is 6.30. The van der Waals surface area contributed by atoms with Gasteiger partial charge in [0.05, 0.1) is 5.25 Å². The Morgan fingerprint density at radius 3 is 2.32 bits per heavy atom. The van der Waals surface area contributed by atoms with Crippen molar-refractivity contribution in [3.8, 4) is 0 Å². The number of benzene rings is 2. The molecule has 0 unspecified atom stereocenters. The van der Waals surface area contributed by atoms with Crippen molar-refractivity contribution in [2.24, 2.45) is 7.05 Å². The largest absolute Gasteiger partial charge is 0.325 e. The summed E-state index contributed by atoms with van der Waals surface area (Å²) in [5.74, 6) is -0.682. The number of carbonyl (C=O) groups is 3. The number of thioether (sulfide) groups is 1. The lowest BCUT2D eigenvalue weighted by atomic mass is 9.84. The molecule has 0 fully saturated rings. The molecule has 1 aromatic heterocycles. The first kappa shape index (κ1) is 18.1. The minimum Gasteiger partial charge on any atom is -0.325 e. The summed E-state index contributed by atoms with van der Waals surface area (Å²) < 4.78 is 1.48. The number of nitrogens with one attached hydrogen (secondary N) is 1. The van der Waals surface area contributed by atoms with E-state index in [2.05, 4.69) is 20.8 Å². The highest BCUT2D eigenvalue weighted by molar-refractivity contribution is 8.00. The summed E-state index contributed by atoms with van der Waals surface area (Å²) >= 11 is 1.22. The first-order valence-corrected chi connectivity index (χ1v) is 9.36. The van der Waals surface area contributed by atoms with Crippen LogP contribution < -0.4 is 5.32 Å². The maximum Gasteiger partial charge on any atom is 0.237 e. The number of carbonyl (C=O) groups excluding carboxylic acids is 3. The SMILES string of the molecule is C[C@@H](Sc1nnnn1C)C(=O)Nc1ccc2c(c1)C(=O)c1ccccc1C2=O. The third kappa shape index (κ3) is 3.09. The lowest BCUT2D eigenvalue weighted by molar-refractivity contribution is -0.115. The van der Waals surface area contributed by atoms with Gasteiger partial charge in [-0.1, -0.05) is 36.0 Å². The fourth-order valence-corrected chi connectivity index (χ4v) is 3.71. The number of aromatic nitrogens is 4. The van der Waals surface area contributed by atoms with Crippen molar-refractivity contribution < 1.29 is 14.4 Å². The maximum atomic E-state index is 12.8. The van der Waals surface area contributed by atoms with Gasteiger partial charge in [0, 0.05) is 35.0 Å². The smallest absolute Gasteiger partial charge is 0.237 e. The number of nitrogens with zero attached hydrogens (tertiary/aromatic N) is 4. The van der Waals surface area contributed by atoms with Gasteiger partial charge in [-0.3, -0.25) is 14.4 Å². The number of amides is 1. The average molecular weight is 393 g/mol. The van der Waals surface area contributed by atoms with Crippen LogP contribution in [0.25, 0.3) is 0 Å². The fourth-order valence-electron chi connectivity index (χ4n) is 2.95. The molecule has 0 bridgehead atoms.